The number of carboxylic acid groups (broad SMARTS) is 1. The summed E-state index contributed by atoms with van der Waals surface area (Å²) in [5, 5.41) is 18.3. The van der Waals surface area contributed by atoms with Crippen molar-refractivity contribution in [1.29, 1.82) is 0 Å². The first kappa shape index (κ1) is 17.4. The second-order valence-electron chi connectivity index (χ2n) is 4.62. The lowest BCUT2D eigenvalue weighted by molar-refractivity contribution is -0.137. The van der Waals surface area contributed by atoms with Crippen LogP contribution in [-0.2, 0) is 10.4 Å². The van der Waals surface area contributed by atoms with Gasteiger partial charge in [0.25, 0.3) is 5.91 Å². The van der Waals surface area contributed by atoms with E-state index in [4.69, 9.17) is 10.8 Å². The Kier molecular flexibility index (Phi) is 6.28. The molecule has 2 rings (SSSR count). The molecule has 0 spiro atoms. The average molecular weight is 301 g/mol. The molecular weight excluding hydrogens is 282 g/mol. The van der Waals surface area contributed by atoms with E-state index in [-0.39, 0.29) is 6.42 Å². The van der Waals surface area contributed by atoms with Crippen LogP contribution in [0.3, 0.4) is 0 Å². The minimum Gasteiger partial charge on any atom is -0.478 e. The maximum atomic E-state index is 11.0. The third-order valence-corrected chi connectivity index (χ3v) is 3.19. The van der Waals surface area contributed by atoms with Crippen molar-refractivity contribution in [1.82, 2.24) is 0 Å². The molecule has 1 unspecified atom stereocenters. The normalized spacial score (nSPS) is 12.5. The number of benzene rings is 2. The number of nitrogens with two attached hydrogens (primary N) is 1. The average Bonchev–Trinajstić information content (AvgIpc) is 2.56. The van der Waals surface area contributed by atoms with Gasteiger partial charge in [-0.1, -0.05) is 55.5 Å². The molecule has 0 aliphatic rings. The third kappa shape index (κ3) is 4.43. The van der Waals surface area contributed by atoms with Crippen molar-refractivity contribution in [2.75, 3.05) is 0 Å². The van der Waals surface area contributed by atoms with Crippen LogP contribution < -0.4 is 5.73 Å². The van der Waals surface area contributed by atoms with Gasteiger partial charge < -0.3 is 15.9 Å². The molecule has 1 amide bonds. The molecule has 0 saturated heterocycles. The highest BCUT2D eigenvalue weighted by Crippen LogP contribution is 2.23. The number of amides is 1. The predicted octanol–water partition coefficient (Wildman–Crippen LogP) is 2.15. The Balaban J connectivity index is 0.000000235. The standard InChI is InChI=1S/C10H13NO2.C7H6O2/c1-2-10(13,9(11)12)8-6-4-3-5-7-8;8-7(9)6-4-2-1-3-5-6/h3-7,13H,2H2,1H3,(H2,11,12);1-5H,(H,8,9). The monoisotopic (exact) mass is 301 g/mol. The number of carboxylic acids is 1. The van der Waals surface area contributed by atoms with Crippen molar-refractivity contribution >= 4 is 11.9 Å². The van der Waals surface area contributed by atoms with E-state index in [0.717, 1.165) is 0 Å². The maximum absolute atomic E-state index is 11.0. The van der Waals surface area contributed by atoms with Gasteiger partial charge in [0.05, 0.1) is 5.56 Å². The molecule has 0 aliphatic carbocycles. The summed E-state index contributed by atoms with van der Waals surface area (Å²) in [4.78, 5) is 21.2. The third-order valence-electron chi connectivity index (χ3n) is 3.19. The number of aromatic carboxylic acids is 1. The molecule has 4 N–H and O–H groups in total. The summed E-state index contributed by atoms with van der Waals surface area (Å²) >= 11 is 0. The second-order valence-corrected chi connectivity index (χ2v) is 4.62. The lowest BCUT2D eigenvalue weighted by atomic mass is 9.91. The van der Waals surface area contributed by atoms with Crippen LogP contribution in [0.2, 0.25) is 0 Å². The van der Waals surface area contributed by atoms with Crippen LogP contribution in [0.4, 0.5) is 0 Å². The van der Waals surface area contributed by atoms with Gasteiger partial charge in [-0.2, -0.15) is 0 Å². The molecule has 0 saturated carbocycles. The summed E-state index contributed by atoms with van der Waals surface area (Å²) in [6, 6.07) is 17.0. The fourth-order valence-electron chi connectivity index (χ4n) is 1.82. The van der Waals surface area contributed by atoms with Crippen LogP contribution >= 0.6 is 0 Å². The first-order chi connectivity index (χ1) is 10.4. The van der Waals surface area contributed by atoms with Crippen molar-refractivity contribution in [3.05, 3.63) is 71.8 Å². The SMILES string of the molecule is CCC(O)(C(N)=O)c1ccccc1.O=C(O)c1ccccc1. The smallest absolute Gasteiger partial charge is 0.335 e. The Morgan fingerprint density at radius 2 is 1.45 bits per heavy atom. The van der Waals surface area contributed by atoms with E-state index in [1.54, 1.807) is 61.5 Å². The van der Waals surface area contributed by atoms with E-state index >= 15 is 0 Å². The molecule has 116 valence electrons. The summed E-state index contributed by atoms with van der Waals surface area (Å²) in [6.45, 7) is 1.72. The quantitative estimate of drug-likeness (QED) is 0.805. The van der Waals surface area contributed by atoms with Crippen molar-refractivity contribution < 1.29 is 19.8 Å². The highest BCUT2D eigenvalue weighted by molar-refractivity contribution is 5.87. The van der Waals surface area contributed by atoms with Gasteiger partial charge in [0.1, 0.15) is 0 Å². The van der Waals surface area contributed by atoms with Gasteiger partial charge in [-0.3, -0.25) is 4.79 Å². The lowest BCUT2D eigenvalue weighted by Gasteiger charge is -2.22. The van der Waals surface area contributed by atoms with E-state index in [1.165, 1.54) is 0 Å². The zero-order valence-corrected chi connectivity index (χ0v) is 12.3. The molecule has 0 heterocycles. The van der Waals surface area contributed by atoms with E-state index in [1.807, 2.05) is 6.07 Å². The number of hydrogen-bond donors (Lipinski definition) is 3. The van der Waals surface area contributed by atoms with E-state index in [9.17, 15) is 14.7 Å². The van der Waals surface area contributed by atoms with Crippen molar-refractivity contribution in [3.63, 3.8) is 0 Å². The Morgan fingerprint density at radius 3 is 1.77 bits per heavy atom. The van der Waals surface area contributed by atoms with Crippen LogP contribution in [0.25, 0.3) is 0 Å². The number of hydrogen-bond acceptors (Lipinski definition) is 3. The van der Waals surface area contributed by atoms with Crippen molar-refractivity contribution in [2.24, 2.45) is 5.73 Å². The van der Waals surface area contributed by atoms with E-state index in [0.29, 0.717) is 11.1 Å². The molecule has 2 aromatic rings. The van der Waals surface area contributed by atoms with Gasteiger partial charge in [0, 0.05) is 0 Å². The van der Waals surface area contributed by atoms with Gasteiger partial charge >= 0.3 is 5.97 Å². The van der Waals surface area contributed by atoms with E-state index in [2.05, 4.69) is 0 Å². The molecule has 5 nitrogen and oxygen atoms in total. The van der Waals surface area contributed by atoms with Gasteiger partial charge in [-0.05, 0) is 24.1 Å². The summed E-state index contributed by atoms with van der Waals surface area (Å²) < 4.78 is 0. The van der Waals surface area contributed by atoms with Crippen LogP contribution in [0, 0.1) is 0 Å². The van der Waals surface area contributed by atoms with Crippen molar-refractivity contribution in [2.45, 2.75) is 18.9 Å². The number of rotatable bonds is 4. The van der Waals surface area contributed by atoms with Gasteiger partial charge in [-0.25, -0.2) is 4.79 Å². The summed E-state index contributed by atoms with van der Waals surface area (Å²) in [5.41, 5.74) is 4.48. The lowest BCUT2D eigenvalue weighted by Crippen LogP contribution is -2.40. The zero-order chi connectivity index (χ0) is 16.6. The molecule has 0 fully saturated rings. The second kappa shape index (κ2) is 7.95. The Morgan fingerprint density at radius 1 is 1.00 bits per heavy atom. The largest absolute Gasteiger partial charge is 0.478 e. The number of aliphatic hydroxyl groups is 1. The Labute approximate surface area is 129 Å². The molecule has 2 aromatic carbocycles. The molecule has 0 aliphatic heterocycles. The van der Waals surface area contributed by atoms with E-state index < -0.39 is 17.5 Å². The number of primary amides is 1. The van der Waals surface area contributed by atoms with Crippen LogP contribution in [0.5, 0.6) is 0 Å². The topological polar surface area (TPSA) is 101 Å². The van der Waals surface area contributed by atoms with Crippen LogP contribution in [0.15, 0.2) is 60.7 Å². The Hall–Kier alpha value is -2.66. The molecule has 1 atom stereocenters. The Bertz CT molecular complexity index is 613. The maximum Gasteiger partial charge on any atom is 0.335 e. The number of carbonyl (C=O) groups is 2. The first-order valence-corrected chi connectivity index (χ1v) is 6.78. The molecule has 0 aromatic heterocycles. The summed E-state index contributed by atoms with van der Waals surface area (Å²) in [7, 11) is 0. The molecule has 0 bridgehead atoms. The number of carbonyl (C=O) groups excluding carboxylic acids is 1. The first-order valence-electron chi connectivity index (χ1n) is 6.78. The van der Waals surface area contributed by atoms with Gasteiger partial charge in [-0.15, -0.1) is 0 Å². The zero-order valence-electron chi connectivity index (χ0n) is 12.3. The summed E-state index contributed by atoms with van der Waals surface area (Å²) in [6.07, 6.45) is 0.284. The van der Waals surface area contributed by atoms with Gasteiger partial charge in [0.2, 0.25) is 0 Å². The predicted molar refractivity (Wildman–Crippen MR) is 83.2 cm³/mol. The highest BCUT2D eigenvalue weighted by atomic mass is 16.4. The van der Waals surface area contributed by atoms with Gasteiger partial charge in [0.15, 0.2) is 5.60 Å². The fraction of sp³-hybridized carbons (Fsp3) is 0.176. The molecule has 22 heavy (non-hydrogen) atoms. The minimum atomic E-state index is -1.53. The minimum absolute atomic E-state index is 0.284. The summed E-state index contributed by atoms with van der Waals surface area (Å²) in [5.74, 6) is -1.59. The van der Waals surface area contributed by atoms with Crippen molar-refractivity contribution in [3.8, 4) is 0 Å². The fourth-order valence-corrected chi connectivity index (χ4v) is 1.82. The van der Waals surface area contributed by atoms with Crippen LogP contribution in [0.1, 0.15) is 29.3 Å². The van der Waals surface area contributed by atoms with Crippen LogP contribution in [-0.4, -0.2) is 22.1 Å². The molecular formula is C17H19NO4. The highest BCUT2D eigenvalue weighted by Gasteiger charge is 2.33. The molecule has 5 heteroatoms. The molecule has 0 radical (unpaired) electrons.